The molecule has 0 bridgehead atoms. The van der Waals surface area contributed by atoms with Gasteiger partial charge in [0.1, 0.15) is 11.3 Å². The second kappa shape index (κ2) is 5.10. The first-order valence-electron chi connectivity index (χ1n) is 5.88. The summed E-state index contributed by atoms with van der Waals surface area (Å²) < 4.78 is 28.5. The van der Waals surface area contributed by atoms with E-state index in [1.54, 1.807) is 6.07 Å². The molecule has 7 heteroatoms. The fraction of sp³-hybridized carbons (Fsp3) is 0. The molecule has 0 amide bonds. The summed E-state index contributed by atoms with van der Waals surface area (Å²) in [4.78, 5) is 15.2. The van der Waals surface area contributed by atoms with E-state index in [1.165, 1.54) is 29.8 Å². The summed E-state index contributed by atoms with van der Waals surface area (Å²) in [5.41, 5.74) is 0.905. The normalized spacial score (nSPS) is 10.8. The quantitative estimate of drug-likeness (QED) is 0.767. The number of thiazole rings is 1. The number of fused-ring (bicyclic) bond motifs is 1. The van der Waals surface area contributed by atoms with Crippen molar-refractivity contribution >= 4 is 38.9 Å². The van der Waals surface area contributed by atoms with Gasteiger partial charge >= 0.3 is 5.97 Å². The van der Waals surface area contributed by atoms with Crippen molar-refractivity contribution in [1.29, 1.82) is 0 Å². The van der Waals surface area contributed by atoms with E-state index in [0.29, 0.717) is 4.70 Å². The largest absolute Gasteiger partial charge is 0.478 e. The standard InChI is InChI=1S/C14H8F2N2O2S/c15-8-3-1-2-4-9(8)18-12-7(14(19)20)5-10-13(11(12)16)17-6-21-10/h1-6,18H,(H,19,20). The Hall–Kier alpha value is -2.54. The van der Waals surface area contributed by atoms with Gasteiger partial charge in [-0.25, -0.2) is 18.6 Å². The minimum absolute atomic E-state index is 0.00604. The van der Waals surface area contributed by atoms with Gasteiger partial charge in [0, 0.05) is 0 Å². The van der Waals surface area contributed by atoms with Crippen LogP contribution in [0.25, 0.3) is 10.2 Å². The molecular weight excluding hydrogens is 298 g/mol. The number of rotatable bonds is 3. The number of nitrogens with one attached hydrogen (secondary N) is 1. The van der Waals surface area contributed by atoms with Gasteiger partial charge in [-0.15, -0.1) is 11.3 Å². The van der Waals surface area contributed by atoms with Gasteiger partial charge in [0.15, 0.2) is 5.82 Å². The van der Waals surface area contributed by atoms with Gasteiger partial charge in [-0.2, -0.15) is 0 Å². The van der Waals surface area contributed by atoms with Gasteiger partial charge in [0.25, 0.3) is 0 Å². The third kappa shape index (κ3) is 2.31. The number of aromatic carboxylic acids is 1. The molecule has 3 aromatic rings. The highest BCUT2D eigenvalue weighted by atomic mass is 32.1. The molecule has 0 aliphatic heterocycles. The number of carboxylic acids is 1. The van der Waals surface area contributed by atoms with Crippen LogP contribution in [0.15, 0.2) is 35.8 Å². The van der Waals surface area contributed by atoms with Crippen LogP contribution >= 0.6 is 11.3 Å². The van der Waals surface area contributed by atoms with Crippen LogP contribution < -0.4 is 5.32 Å². The highest BCUT2D eigenvalue weighted by Crippen LogP contribution is 2.33. The number of anilines is 2. The summed E-state index contributed by atoms with van der Waals surface area (Å²) >= 11 is 1.13. The summed E-state index contributed by atoms with van der Waals surface area (Å²) in [5, 5.41) is 11.7. The lowest BCUT2D eigenvalue weighted by Crippen LogP contribution is -2.06. The Kier molecular flexibility index (Phi) is 3.26. The van der Waals surface area contributed by atoms with Crippen molar-refractivity contribution < 1.29 is 18.7 Å². The summed E-state index contributed by atoms with van der Waals surface area (Å²) in [6.07, 6.45) is 0. The van der Waals surface area contributed by atoms with Gasteiger partial charge in [-0.3, -0.25) is 0 Å². The minimum atomic E-state index is -1.30. The van der Waals surface area contributed by atoms with E-state index in [2.05, 4.69) is 10.3 Å². The SMILES string of the molecule is O=C(O)c1cc2scnc2c(F)c1Nc1ccccc1F. The molecule has 0 fully saturated rings. The van der Waals surface area contributed by atoms with Gasteiger partial charge < -0.3 is 10.4 Å². The van der Waals surface area contributed by atoms with Crippen molar-refractivity contribution in [2.24, 2.45) is 0 Å². The van der Waals surface area contributed by atoms with E-state index in [-0.39, 0.29) is 22.5 Å². The Morgan fingerprint density at radius 3 is 2.76 bits per heavy atom. The molecular formula is C14H8F2N2O2S. The molecule has 4 nitrogen and oxygen atoms in total. The summed E-state index contributed by atoms with van der Waals surface area (Å²) in [5.74, 6) is -2.72. The van der Waals surface area contributed by atoms with Crippen LogP contribution in [-0.4, -0.2) is 16.1 Å². The van der Waals surface area contributed by atoms with E-state index in [0.717, 1.165) is 11.3 Å². The molecule has 2 aromatic carbocycles. The smallest absolute Gasteiger partial charge is 0.337 e. The van der Waals surface area contributed by atoms with E-state index < -0.39 is 17.6 Å². The monoisotopic (exact) mass is 306 g/mol. The summed E-state index contributed by atoms with van der Waals surface area (Å²) in [7, 11) is 0. The number of hydrogen-bond acceptors (Lipinski definition) is 4. The van der Waals surface area contributed by atoms with Crippen LogP contribution in [0, 0.1) is 11.6 Å². The fourth-order valence-electron chi connectivity index (χ4n) is 1.95. The van der Waals surface area contributed by atoms with E-state index in [1.807, 2.05) is 0 Å². The molecule has 106 valence electrons. The summed E-state index contributed by atoms with van der Waals surface area (Å²) in [6, 6.07) is 6.96. The van der Waals surface area contributed by atoms with Crippen LogP contribution in [0.4, 0.5) is 20.2 Å². The van der Waals surface area contributed by atoms with Crippen LogP contribution in [0.5, 0.6) is 0 Å². The third-order valence-corrected chi connectivity index (χ3v) is 3.71. The van der Waals surface area contributed by atoms with Crippen molar-refractivity contribution in [2.45, 2.75) is 0 Å². The number of benzene rings is 2. The zero-order chi connectivity index (χ0) is 15.0. The van der Waals surface area contributed by atoms with E-state index in [9.17, 15) is 18.7 Å². The second-order valence-electron chi connectivity index (χ2n) is 4.22. The number of hydrogen-bond donors (Lipinski definition) is 2. The van der Waals surface area contributed by atoms with E-state index in [4.69, 9.17) is 0 Å². The maximum atomic E-state index is 14.4. The molecule has 0 aliphatic rings. The fourth-order valence-corrected chi connectivity index (χ4v) is 2.66. The van der Waals surface area contributed by atoms with Crippen LogP contribution in [0.3, 0.4) is 0 Å². The van der Waals surface area contributed by atoms with Crippen LogP contribution in [-0.2, 0) is 0 Å². The van der Waals surface area contributed by atoms with Crippen molar-refractivity contribution in [1.82, 2.24) is 4.98 Å². The number of carbonyl (C=O) groups is 1. The molecule has 1 aromatic heterocycles. The van der Waals surface area contributed by atoms with Crippen molar-refractivity contribution in [3.05, 3.63) is 53.0 Å². The molecule has 1 heterocycles. The Labute approximate surface area is 121 Å². The number of carboxylic acid groups (broad SMARTS) is 1. The van der Waals surface area contributed by atoms with Gasteiger partial charge in [-0.05, 0) is 18.2 Å². The topological polar surface area (TPSA) is 62.2 Å². The zero-order valence-corrected chi connectivity index (χ0v) is 11.2. The van der Waals surface area contributed by atoms with Gasteiger partial charge in [-0.1, -0.05) is 12.1 Å². The molecule has 0 spiro atoms. The van der Waals surface area contributed by atoms with Crippen molar-refractivity contribution in [3.63, 3.8) is 0 Å². The van der Waals surface area contributed by atoms with E-state index >= 15 is 0 Å². The number of nitrogens with zero attached hydrogens (tertiary/aromatic N) is 1. The molecule has 0 unspecified atom stereocenters. The maximum absolute atomic E-state index is 14.4. The zero-order valence-electron chi connectivity index (χ0n) is 10.4. The molecule has 0 saturated carbocycles. The molecule has 0 aliphatic carbocycles. The lowest BCUT2D eigenvalue weighted by Gasteiger charge is -2.11. The highest BCUT2D eigenvalue weighted by molar-refractivity contribution is 7.16. The van der Waals surface area contributed by atoms with Crippen molar-refractivity contribution in [2.75, 3.05) is 5.32 Å². The average molecular weight is 306 g/mol. The lowest BCUT2D eigenvalue weighted by atomic mass is 10.1. The number of aromatic nitrogens is 1. The molecule has 3 rings (SSSR count). The Morgan fingerprint density at radius 2 is 2.05 bits per heavy atom. The predicted octanol–water partition coefficient (Wildman–Crippen LogP) is 4.02. The highest BCUT2D eigenvalue weighted by Gasteiger charge is 2.20. The molecule has 0 atom stereocenters. The molecule has 21 heavy (non-hydrogen) atoms. The second-order valence-corrected chi connectivity index (χ2v) is 5.11. The first kappa shape index (κ1) is 13.4. The Morgan fingerprint density at radius 1 is 1.29 bits per heavy atom. The molecule has 2 N–H and O–H groups in total. The minimum Gasteiger partial charge on any atom is -0.478 e. The molecule has 0 saturated heterocycles. The van der Waals surface area contributed by atoms with Crippen LogP contribution in [0.2, 0.25) is 0 Å². The number of para-hydroxylation sites is 1. The van der Waals surface area contributed by atoms with Crippen LogP contribution in [0.1, 0.15) is 10.4 Å². The maximum Gasteiger partial charge on any atom is 0.337 e. The van der Waals surface area contributed by atoms with Crippen molar-refractivity contribution in [3.8, 4) is 0 Å². The average Bonchev–Trinajstić information content (AvgIpc) is 2.92. The predicted molar refractivity (Wildman–Crippen MR) is 76.2 cm³/mol. The molecule has 0 radical (unpaired) electrons. The lowest BCUT2D eigenvalue weighted by molar-refractivity contribution is 0.0697. The summed E-state index contributed by atoms with van der Waals surface area (Å²) in [6.45, 7) is 0. The van der Waals surface area contributed by atoms with Gasteiger partial charge in [0.05, 0.1) is 27.1 Å². The first-order chi connectivity index (χ1) is 10.1. The number of halogens is 2. The third-order valence-electron chi connectivity index (χ3n) is 2.93. The first-order valence-corrected chi connectivity index (χ1v) is 6.76. The Bertz CT molecular complexity index is 848. The van der Waals surface area contributed by atoms with Gasteiger partial charge in [0.2, 0.25) is 0 Å². The Balaban J connectivity index is 2.20.